The summed E-state index contributed by atoms with van der Waals surface area (Å²) in [7, 11) is 4.47. The van der Waals surface area contributed by atoms with Crippen LogP contribution in [0.25, 0.3) is 10.9 Å². The van der Waals surface area contributed by atoms with E-state index < -0.39 is 11.9 Å². The molecule has 0 saturated carbocycles. The number of amides is 2. The van der Waals surface area contributed by atoms with Gasteiger partial charge < -0.3 is 29.4 Å². The number of methoxy groups -OCH3 is 3. The Hall–Kier alpha value is -3.68. The third kappa shape index (κ3) is 3.84. The quantitative estimate of drug-likeness (QED) is 0.619. The molecule has 4 rings (SSSR count). The van der Waals surface area contributed by atoms with Gasteiger partial charge in [0.2, 0.25) is 11.7 Å². The van der Waals surface area contributed by atoms with Crippen molar-refractivity contribution in [1.29, 1.82) is 0 Å². The minimum absolute atomic E-state index is 0.123. The zero-order valence-electron chi connectivity index (χ0n) is 18.7. The van der Waals surface area contributed by atoms with Crippen LogP contribution in [0.2, 0.25) is 0 Å². The van der Waals surface area contributed by atoms with Gasteiger partial charge in [-0.1, -0.05) is 18.2 Å². The topological polar surface area (TPSA) is 92.9 Å². The van der Waals surface area contributed by atoms with E-state index in [2.05, 4.69) is 16.4 Å². The molecular formula is C24H27N3O5. The lowest BCUT2D eigenvalue weighted by molar-refractivity contribution is -0.133. The zero-order chi connectivity index (χ0) is 22.8. The van der Waals surface area contributed by atoms with Crippen molar-refractivity contribution in [2.24, 2.45) is 0 Å². The van der Waals surface area contributed by atoms with E-state index in [0.29, 0.717) is 35.9 Å². The Balaban J connectivity index is 1.49. The molecule has 2 heterocycles. The maximum Gasteiger partial charge on any atom is 0.252 e. The summed E-state index contributed by atoms with van der Waals surface area (Å²) in [6.07, 6.45) is 0.753. The van der Waals surface area contributed by atoms with Crippen molar-refractivity contribution in [1.82, 2.24) is 15.2 Å². The third-order valence-electron chi connectivity index (χ3n) is 5.84. The van der Waals surface area contributed by atoms with Gasteiger partial charge in [-0.05, 0) is 25.1 Å². The molecule has 2 aromatic carbocycles. The number of aromatic nitrogens is 1. The molecule has 32 heavy (non-hydrogen) atoms. The molecule has 0 unspecified atom stereocenters. The molecule has 8 nitrogen and oxygen atoms in total. The van der Waals surface area contributed by atoms with Gasteiger partial charge in [-0.2, -0.15) is 0 Å². The van der Waals surface area contributed by atoms with Crippen LogP contribution < -0.4 is 19.5 Å². The zero-order valence-corrected chi connectivity index (χ0v) is 18.7. The van der Waals surface area contributed by atoms with Gasteiger partial charge in [0.1, 0.15) is 6.04 Å². The predicted molar refractivity (Wildman–Crippen MR) is 120 cm³/mol. The summed E-state index contributed by atoms with van der Waals surface area (Å²) in [5, 5.41) is 3.93. The van der Waals surface area contributed by atoms with Crippen LogP contribution in [0, 0.1) is 0 Å². The molecule has 1 aliphatic heterocycles. The van der Waals surface area contributed by atoms with E-state index in [1.807, 2.05) is 18.2 Å². The number of H-pyrrole nitrogens is 1. The van der Waals surface area contributed by atoms with Crippen LogP contribution in [0.3, 0.4) is 0 Å². The number of fused-ring (bicyclic) bond motifs is 3. The summed E-state index contributed by atoms with van der Waals surface area (Å²) in [6, 6.07) is 10.5. The number of nitrogens with zero attached hydrogens (tertiary/aromatic N) is 1. The Bertz CT molecular complexity index is 1140. The number of nitrogens with one attached hydrogen (secondary N) is 2. The largest absolute Gasteiger partial charge is 0.493 e. The van der Waals surface area contributed by atoms with Crippen molar-refractivity contribution in [3.63, 3.8) is 0 Å². The van der Waals surface area contributed by atoms with Crippen molar-refractivity contribution >= 4 is 22.7 Å². The Morgan fingerprint density at radius 3 is 2.41 bits per heavy atom. The molecule has 3 aromatic rings. The lowest BCUT2D eigenvalue weighted by atomic mass is 10.0. The van der Waals surface area contributed by atoms with Crippen LogP contribution in [0.4, 0.5) is 0 Å². The van der Waals surface area contributed by atoms with Crippen molar-refractivity contribution in [2.45, 2.75) is 25.9 Å². The summed E-state index contributed by atoms with van der Waals surface area (Å²) < 4.78 is 15.9. The van der Waals surface area contributed by atoms with Crippen LogP contribution in [-0.4, -0.2) is 55.6 Å². The summed E-state index contributed by atoms with van der Waals surface area (Å²) >= 11 is 0. The molecule has 1 atom stereocenters. The molecule has 2 amide bonds. The Morgan fingerprint density at radius 2 is 1.75 bits per heavy atom. The molecular weight excluding hydrogens is 410 g/mol. The van der Waals surface area contributed by atoms with Gasteiger partial charge >= 0.3 is 0 Å². The van der Waals surface area contributed by atoms with E-state index >= 15 is 0 Å². The number of carbonyl (C=O) groups is 2. The molecule has 2 N–H and O–H groups in total. The van der Waals surface area contributed by atoms with E-state index in [-0.39, 0.29) is 5.91 Å². The first kappa shape index (κ1) is 21.5. The third-order valence-corrected chi connectivity index (χ3v) is 5.84. The predicted octanol–water partition coefficient (Wildman–Crippen LogP) is 2.90. The number of hydrogen-bond acceptors (Lipinski definition) is 5. The highest BCUT2D eigenvalue weighted by Gasteiger charge is 2.28. The number of rotatable bonds is 6. The highest BCUT2D eigenvalue weighted by atomic mass is 16.5. The second kappa shape index (κ2) is 8.82. The van der Waals surface area contributed by atoms with Crippen LogP contribution in [-0.2, 0) is 17.8 Å². The molecule has 0 spiro atoms. The van der Waals surface area contributed by atoms with Gasteiger partial charge in [0, 0.05) is 47.2 Å². The molecule has 0 aliphatic carbocycles. The number of ether oxygens (including phenoxy) is 3. The van der Waals surface area contributed by atoms with E-state index in [0.717, 1.165) is 22.9 Å². The van der Waals surface area contributed by atoms with Crippen LogP contribution in [0.15, 0.2) is 36.4 Å². The average molecular weight is 437 g/mol. The second-order valence-corrected chi connectivity index (χ2v) is 7.75. The summed E-state index contributed by atoms with van der Waals surface area (Å²) in [6.45, 7) is 2.81. The molecule has 1 aliphatic rings. The summed E-state index contributed by atoms with van der Waals surface area (Å²) in [5.74, 6) is 0.632. The smallest absolute Gasteiger partial charge is 0.252 e. The fraction of sp³-hybridized carbons (Fsp3) is 0.333. The minimum Gasteiger partial charge on any atom is -0.493 e. The molecule has 0 radical (unpaired) electrons. The van der Waals surface area contributed by atoms with Gasteiger partial charge in [0.25, 0.3) is 5.91 Å². The average Bonchev–Trinajstić information content (AvgIpc) is 3.20. The van der Waals surface area contributed by atoms with Crippen molar-refractivity contribution in [3.05, 3.63) is 53.2 Å². The van der Waals surface area contributed by atoms with Crippen LogP contribution >= 0.6 is 0 Å². The minimum atomic E-state index is -0.687. The maximum atomic E-state index is 13.1. The standard InChI is InChI=1S/C24H27N3O5/c1-14(25-23(28)15-11-20(30-2)22(32-4)21(12-15)31-3)24(29)27-10-9-19-17(13-27)16-7-5-6-8-18(16)26-19/h5-8,11-12,14,26H,9-10,13H2,1-4H3,(H,25,28)/t14-/m1/s1. The Labute approximate surface area is 186 Å². The molecule has 168 valence electrons. The van der Waals surface area contributed by atoms with Gasteiger partial charge in [-0.3, -0.25) is 9.59 Å². The highest BCUT2D eigenvalue weighted by molar-refractivity contribution is 5.98. The molecule has 8 heteroatoms. The fourth-order valence-corrected chi connectivity index (χ4v) is 4.18. The number of benzene rings is 2. The van der Waals surface area contributed by atoms with Crippen LogP contribution in [0.1, 0.15) is 28.5 Å². The summed E-state index contributed by atoms with van der Waals surface area (Å²) in [4.78, 5) is 31.2. The first-order valence-electron chi connectivity index (χ1n) is 10.4. The monoisotopic (exact) mass is 437 g/mol. The SMILES string of the molecule is COc1cc(C(=O)N[C@H](C)C(=O)N2CCc3[nH]c4ccccc4c3C2)cc(OC)c1OC. The number of carbonyl (C=O) groups excluding carboxylic acids is 2. The van der Waals surface area contributed by atoms with Gasteiger partial charge in [-0.25, -0.2) is 0 Å². The Kier molecular flexibility index (Phi) is 5.94. The van der Waals surface area contributed by atoms with E-state index in [1.165, 1.54) is 27.0 Å². The van der Waals surface area contributed by atoms with Crippen molar-refractivity contribution < 1.29 is 23.8 Å². The van der Waals surface area contributed by atoms with E-state index in [4.69, 9.17) is 14.2 Å². The summed E-state index contributed by atoms with van der Waals surface area (Å²) in [5.41, 5.74) is 3.71. The second-order valence-electron chi connectivity index (χ2n) is 7.75. The number of aromatic amines is 1. The number of hydrogen-bond donors (Lipinski definition) is 2. The maximum absolute atomic E-state index is 13.1. The van der Waals surface area contributed by atoms with Gasteiger partial charge in [0.15, 0.2) is 11.5 Å². The van der Waals surface area contributed by atoms with Gasteiger partial charge in [-0.15, -0.1) is 0 Å². The van der Waals surface area contributed by atoms with E-state index in [9.17, 15) is 9.59 Å². The fourth-order valence-electron chi connectivity index (χ4n) is 4.18. The molecule has 0 bridgehead atoms. The van der Waals surface area contributed by atoms with Crippen LogP contribution in [0.5, 0.6) is 17.2 Å². The molecule has 1 aromatic heterocycles. The van der Waals surface area contributed by atoms with Crippen molar-refractivity contribution in [2.75, 3.05) is 27.9 Å². The normalized spacial score (nSPS) is 13.9. The Morgan fingerprint density at radius 1 is 1.06 bits per heavy atom. The highest BCUT2D eigenvalue weighted by Crippen LogP contribution is 2.38. The molecule has 0 fully saturated rings. The first-order valence-corrected chi connectivity index (χ1v) is 10.4. The first-order chi connectivity index (χ1) is 15.5. The van der Waals surface area contributed by atoms with E-state index in [1.54, 1.807) is 24.0 Å². The molecule has 0 saturated heterocycles. The lowest BCUT2D eigenvalue weighted by Gasteiger charge is -2.30. The van der Waals surface area contributed by atoms with Gasteiger partial charge in [0.05, 0.1) is 21.3 Å². The number of para-hydroxylation sites is 1. The lowest BCUT2D eigenvalue weighted by Crippen LogP contribution is -2.48. The van der Waals surface area contributed by atoms with Crippen molar-refractivity contribution in [3.8, 4) is 17.2 Å².